The summed E-state index contributed by atoms with van der Waals surface area (Å²) in [5.74, 6) is 0. The lowest BCUT2D eigenvalue weighted by Gasteiger charge is -2.50. The molecule has 8 aromatic carbocycles. The molecule has 1 aromatic heterocycles. The van der Waals surface area contributed by atoms with Crippen LogP contribution in [-0.2, 0) is 16.2 Å². The van der Waals surface area contributed by atoms with E-state index in [0.717, 1.165) is 34.0 Å². The van der Waals surface area contributed by atoms with Crippen LogP contribution in [0, 0.1) is 6.92 Å². The van der Waals surface area contributed by atoms with Crippen molar-refractivity contribution in [1.82, 2.24) is 0 Å². The van der Waals surface area contributed by atoms with Gasteiger partial charge in [0.05, 0.1) is 11.2 Å². The number of para-hydroxylation sites is 2. The molecule has 1 aliphatic carbocycles. The van der Waals surface area contributed by atoms with E-state index in [-0.39, 0.29) is 28.5 Å². The minimum Gasteiger partial charge on any atom is -0.454 e. The number of anilines is 8. The summed E-state index contributed by atoms with van der Waals surface area (Å²) < 4.78 is 6.90. The lowest BCUT2D eigenvalue weighted by atomic mass is 9.33. The average molecular weight is 912 g/mol. The molecule has 5 heteroatoms. The van der Waals surface area contributed by atoms with Crippen molar-refractivity contribution in [1.29, 1.82) is 0 Å². The predicted molar refractivity (Wildman–Crippen MR) is 298 cm³/mol. The molecule has 1 saturated carbocycles. The van der Waals surface area contributed by atoms with E-state index in [9.17, 15) is 0 Å². The summed E-state index contributed by atoms with van der Waals surface area (Å²) in [6.07, 6.45) is 4.78. The zero-order valence-electron chi connectivity index (χ0n) is 42.2. The SMILES string of the molecule is Cc1cc2c3c(c1)N(c1cccc4c1oc1ccccc14)c1cc(C(C)(C)C)ccc1B3c1ccc(N3c4ccc(-c5ccccc5)cc4C4(C)CCCCC34C)cc1N2c1cccc(C(C)(C)C)c1. The Labute approximate surface area is 414 Å². The minimum absolute atomic E-state index is 0.0123. The van der Waals surface area contributed by atoms with Crippen LogP contribution in [0.4, 0.5) is 45.5 Å². The van der Waals surface area contributed by atoms with Crippen molar-refractivity contribution in [3.8, 4) is 11.1 Å². The second-order valence-electron chi connectivity index (χ2n) is 23.4. The summed E-state index contributed by atoms with van der Waals surface area (Å²) in [4.78, 5) is 7.91. The molecule has 3 aliphatic heterocycles. The van der Waals surface area contributed by atoms with Crippen LogP contribution in [0.1, 0.15) is 103 Å². The Bertz CT molecular complexity index is 3610. The molecular formula is C65H62BN3O. The Kier molecular flexibility index (Phi) is 9.24. The molecule has 0 amide bonds. The Hall–Kier alpha value is -6.98. The summed E-state index contributed by atoms with van der Waals surface area (Å²) in [6, 6.07) is 62.5. The van der Waals surface area contributed by atoms with Gasteiger partial charge in [-0.25, -0.2) is 0 Å². The normalized spacial score (nSPS) is 19.3. The van der Waals surface area contributed by atoms with Crippen molar-refractivity contribution in [2.45, 2.75) is 110 Å². The van der Waals surface area contributed by atoms with E-state index in [1.54, 1.807) is 0 Å². The van der Waals surface area contributed by atoms with E-state index >= 15 is 0 Å². The molecule has 2 unspecified atom stereocenters. The van der Waals surface area contributed by atoms with Gasteiger partial charge in [0, 0.05) is 56.0 Å². The molecule has 4 heterocycles. The first kappa shape index (κ1) is 43.1. The lowest BCUT2D eigenvalue weighted by molar-refractivity contribution is 0.195. The van der Waals surface area contributed by atoms with E-state index < -0.39 is 0 Å². The molecule has 0 saturated heterocycles. The summed E-state index contributed by atoms with van der Waals surface area (Å²) in [5, 5.41) is 2.27. The molecule has 0 radical (unpaired) electrons. The quantitative estimate of drug-likeness (QED) is 0.164. The number of hydrogen-bond donors (Lipinski definition) is 0. The van der Waals surface area contributed by atoms with Gasteiger partial charge >= 0.3 is 0 Å². The van der Waals surface area contributed by atoms with Gasteiger partial charge in [0.1, 0.15) is 5.58 Å². The standard InChI is InChI=1S/C65H62BN3O/c1-41-35-57-60-58(36-41)68(54-25-18-24-49-48-23-13-14-26-59(48)70-61(49)54)55-39-45(63(5,6)7)28-30-51(55)66(60)52-31-29-47(40-56(52)67(57)46-22-17-21-44(38-46)62(2,3)4)69-53-32-27-43(42-19-11-10-12-20-42)37-50(53)64(8)33-15-16-34-65(64,69)9/h10-14,17-32,35-40H,15-16,33-34H2,1-9H3. The molecule has 13 rings (SSSR count). The summed E-state index contributed by atoms with van der Waals surface area (Å²) in [5.41, 5.74) is 23.2. The Balaban J connectivity index is 1.08. The maximum Gasteiger partial charge on any atom is 0.252 e. The van der Waals surface area contributed by atoms with Crippen molar-refractivity contribution in [2.24, 2.45) is 0 Å². The molecule has 0 bridgehead atoms. The van der Waals surface area contributed by atoms with Crippen LogP contribution in [-0.4, -0.2) is 12.3 Å². The smallest absolute Gasteiger partial charge is 0.252 e. The molecule has 0 spiro atoms. The highest BCUT2D eigenvalue weighted by molar-refractivity contribution is 7.00. The van der Waals surface area contributed by atoms with E-state index in [4.69, 9.17) is 4.42 Å². The van der Waals surface area contributed by atoms with E-state index in [2.05, 4.69) is 241 Å². The second-order valence-corrected chi connectivity index (χ2v) is 23.4. The minimum atomic E-state index is -0.108. The van der Waals surface area contributed by atoms with Gasteiger partial charge in [-0.3, -0.25) is 0 Å². The first-order valence-electron chi connectivity index (χ1n) is 25.7. The summed E-state index contributed by atoms with van der Waals surface area (Å²) in [7, 11) is 0. The molecule has 70 heavy (non-hydrogen) atoms. The Morgan fingerprint density at radius 1 is 0.500 bits per heavy atom. The molecule has 4 aliphatic rings. The van der Waals surface area contributed by atoms with Crippen LogP contribution < -0.4 is 31.1 Å². The maximum absolute atomic E-state index is 6.90. The second kappa shape index (κ2) is 15.0. The van der Waals surface area contributed by atoms with E-state index in [0.29, 0.717) is 0 Å². The highest BCUT2D eigenvalue weighted by atomic mass is 16.3. The number of furan rings is 1. The average Bonchev–Trinajstić information content (AvgIpc) is 3.83. The molecule has 1 fully saturated rings. The fourth-order valence-corrected chi connectivity index (χ4v) is 13.2. The van der Waals surface area contributed by atoms with Crippen molar-refractivity contribution < 1.29 is 4.42 Å². The van der Waals surface area contributed by atoms with Gasteiger partial charge in [0.15, 0.2) is 5.58 Å². The summed E-state index contributed by atoms with van der Waals surface area (Å²) in [6.45, 7) is 21.4. The van der Waals surface area contributed by atoms with Crippen LogP contribution in [0.15, 0.2) is 168 Å². The molecular weight excluding hydrogens is 850 g/mol. The Morgan fingerprint density at radius 2 is 1.17 bits per heavy atom. The van der Waals surface area contributed by atoms with Gasteiger partial charge in [-0.2, -0.15) is 0 Å². The monoisotopic (exact) mass is 911 g/mol. The first-order valence-corrected chi connectivity index (χ1v) is 25.7. The van der Waals surface area contributed by atoms with Crippen molar-refractivity contribution in [3.05, 3.63) is 186 Å². The predicted octanol–water partition coefficient (Wildman–Crippen LogP) is 16.0. The summed E-state index contributed by atoms with van der Waals surface area (Å²) >= 11 is 0. The molecule has 9 aromatic rings. The molecule has 346 valence electrons. The highest BCUT2D eigenvalue weighted by Crippen LogP contribution is 2.62. The van der Waals surface area contributed by atoms with E-state index in [1.165, 1.54) is 109 Å². The van der Waals surface area contributed by atoms with Gasteiger partial charge < -0.3 is 19.1 Å². The zero-order chi connectivity index (χ0) is 48.1. The van der Waals surface area contributed by atoms with Crippen molar-refractivity contribution in [2.75, 3.05) is 14.7 Å². The number of hydrogen-bond acceptors (Lipinski definition) is 4. The van der Waals surface area contributed by atoms with Gasteiger partial charge in [0.2, 0.25) is 0 Å². The number of benzene rings is 8. The van der Waals surface area contributed by atoms with Crippen LogP contribution in [0.3, 0.4) is 0 Å². The highest BCUT2D eigenvalue weighted by Gasteiger charge is 2.58. The van der Waals surface area contributed by atoms with Gasteiger partial charge in [-0.1, -0.05) is 158 Å². The van der Waals surface area contributed by atoms with Crippen LogP contribution in [0.25, 0.3) is 33.1 Å². The van der Waals surface area contributed by atoms with Crippen molar-refractivity contribution >= 4 is 90.5 Å². The molecule has 2 atom stereocenters. The Morgan fingerprint density at radius 3 is 1.96 bits per heavy atom. The van der Waals surface area contributed by atoms with Crippen LogP contribution >= 0.6 is 0 Å². The van der Waals surface area contributed by atoms with Gasteiger partial charge in [0.25, 0.3) is 6.71 Å². The zero-order valence-corrected chi connectivity index (χ0v) is 42.2. The molecule has 0 N–H and O–H groups in total. The number of nitrogens with zero attached hydrogens (tertiary/aromatic N) is 3. The maximum atomic E-state index is 6.90. The van der Waals surface area contributed by atoms with Crippen LogP contribution in [0.5, 0.6) is 0 Å². The van der Waals surface area contributed by atoms with Crippen LogP contribution in [0.2, 0.25) is 0 Å². The lowest BCUT2D eigenvalue weighted by Crippen LogP contribution is -2.61. The van der Waals surface area contributed by atoms with Gasteiger partial charge in [-0.05, 0) is 154 Å². The largest absolute Gasteiger partial charge is 0.454 e. The number of rotatable bonds is 4. The number of aryl methyl sites for hydroxylation is 1. The fourth-order valence-electron chi connectivity index (χ4n) is 13.2. The van der Waals surface area contributed by atoms with Gasteiger partial charge in [-0.15, -0.1) is 0 Å². The third-order valence-electron chi connectivity index (χ3n) is 17.1. The number of fused-ring (bicyclic) bond motifs is 10. The molecule has 4 nitrogen and oxygen atoms in total. The topological polar surface area (TPSA) is 22.9 Å². The van der Waals surface area contributed by atoms with Crippen molar-refractivity contribution in [3.63, 3.8) is 0 Å². The van der Waals surface area contributed by atoms with E-state index in [1.807, 2.05) is 0 Å². The fraction of sp³-hybridized carbons (Fsp3) is 0.262. The third kappa shape index (κ3) is 6.15. The third-order valence-corrected chi connectivity index (χ3v) is 17.1. The first-order chi connectivity index (χ1) is 33.6.